The number of ether oxygens (including phenoxy) is 6. The molecule has 1 aromatic rings. The maximum atomic E-state index is 12.3. The van der Waals surface area contributed by atoms with Gasteiger partial charge < -0.3 is 28.4 Å². The highest BCUT2D eigenvalue weighted by atomic mass is 16.7. The van der Waals surface area contributed by atoms with Gasteiger partial charge in [-0.25, -0.2) is 4.79 Å². The molecule has 0 radical (unpaired) electrons. The van der Waals surface area contributed by atoms with Crippen LogP contribution in [-0.2, 0) is 42.9 Å². The van der Waals surface area contributed by atoms with Gasteiger partial charge in [0, 0.05) is 20.8 Å². The fourth-order valence-electron chi connectivity index (χ4n) is 2.93. The summed E-state index contributed by atoms with van der Waals surface area (Å²) in [5, 5.41) is 0. The smallest absolute Gasteiger partial charge is 0.339 e. The summed E-state index contributed by atoms with van der Waals surface area (Å²) in [6.07, 6.45) is -7.01. The quantitative estimate of drug-likeness (QED) is 0.484. The third-order valence-electron chi connectivity index (χ3n) is 4.11. The number of aryl methyl sites for hydroxylation is 1. The Labute approximate surface area is 173 Å². The Kier molecular flexibility index (Phi) is 7.76. The second kappa shape index (κ2) is 10.1. The lowest BCUT2D eigenvalue weighted by atomic mass is 9.97. The molecule has 0 N–H and O–H groups in total. The first-order valence-electron chi connectivity index (χ1n) is 9.10. The summed E-state index contributed by atoms with van der Waals surface area (Å²) < 4.78 is 31.9. The van der Waals surface area contributed by atoms with Crippen molar-refractivity contribution in [3.63, 3.8) is 0 Å². The molecule has 1 saturated heterocycles. The minimum absolute atomic E-state index is 0.346. The Balaban J connectivity index is 2.47. The van der Waals surface area contributed by atoms with Crippen LogP contribution in [0.5, 0.6) is 5.75 Å². The number of hydrogen-bond donors (Lipinski definition) is 0. The molecule has 10 heteroatoms. The second-order valence-corrected chi connectivity index (χ2v) is 6.60. The maximum Gasteiger partial charge on any atom is 0.339 e. The molecule has 0 aromatic heterocycles. The molecule has 1 aromatic carbocycles. The van der Waals surface area contributed by atoms with Gasteiger partial charge in [0.25, 0.3) is 0 Å². The molecule has 1 heterocycles. The van der Waals surface area contributed by atoms with Gasteiger partial charge in [-0.05, 0) is 19.1 Å². The molecule has 1 fully saturated rings. The van der Waals surface area contributed by atoms with Crippen molar-refractivity contribution in [3.05, 3.63) is 29.8 Å². The zero-order valence-electron chi connectivity index (χ0n) is 17.3. The number of methoxy groups -OCH3 is 1. The molecule has 5 atom stereocenters. The van der Waals surface area contributed by atoms with E-state index >= 15 is 0 Å². The van der Waals surface area contributed by atoms with Gasteiger partial charge in [-0.2, -0.15) is 0 Å². The largest absolute Gasteiger partial charge is 0.467 e. The van der Waals surface area contributed by atoms with E-state index in [1.165, 1.54) is 0 Å². The van der Waals surface area contributed by atoms with Crippen molar-refractivity contribution in [2.75, 3.05) is 7.11 Å². The van der Waals surface area contributed by atoms with Crippen molar-refractivity contribution in [3.8, 4) is 5.75 Å². The molecule has 1 aliphatic rings. The normalized spacial score (nSPS) is 25.6. The molecule has 0 spiro atoms. The second-order valence-electron chi connectivity index (χ2n) is 6.60. The number of rotatable bonds is 6. The first-order valence-corrected chi connectivity index (χ1v) is 9.10. The molecular weight excluding hydrogens is 400 g/mol. The Morgan fingerprint density at radius 3 is 1.80 bits per heavy atom. The van der Waals surface area contributed by atoms with E-state index in [1.54, 1.807) is 24.3 Å². The number of esters is 4. The van der Waals surface area contributed by atoms with E-state index in [9.17, 15) is 19.2 Å². The minimum Gasteiger partial charge on any atom is -0.467 e. The van der Waals surface area contributed by atoms with Gasteiger partial charge in [-0.3, -0.25) is 14.4 Å². The lowest BCUT2D eigenvalue weighted by Crippen LogP contribution is -2.64. The van der Waals surface area contributed by atoms with Crippen LogP contribution < -0.4 is 4.74 Å². The predicted octanol–water partition coefficient (Wildman–Crippen LogP) is 1.07. The molecular formula is C20H24O10. The zero-order valence-corrected chi connectivity index (χ0v) is 17.3. The van der Waals surface area contributed by atoms with E-state index in [-0.39, 0.29) is 0 Å². The zero-order chi connectivity index (χ0) is 22.4. The van der Waals surface area contributed by atoms with Crippen molar-refractivity contribution >= 4 is 23.9 Å². The third kappa shape index (κ3) is 5.93. The lowest BCUT2D eigenvalue weighted by molar-refractivity contribution is -0.282. The molecule has 0 bridgehead atoms. The number of carbonyl (C=O) groups is 4. The Morgan fingerprint density at radius 2 is 1.30 bits per heavy atom. The van der Waals surface area contributed by atoms with Crippen molar-refractivity contribution in [2.45, 2.75) is 58.4 Å². The molecule has 1 aliphatic heterocycles. The van der Waals surface area contributed by atoms with Gasteiger partial charge in [-0.1, -0.05) is 17.7 Å². The number of hydrogen-bond acceptors (Lipinski definition) is 10. The van der Waals surface area contributed by atoms with E-state index in [4.69, 9.17) is 28.4 Å². The van der Waals surface area contributed by atoms with Gasteiger partial charge in [0.15, 0.2) is 18.3 Å². The highest BCUT2D eigenvalue weighted by Gasteiger charge is 2.55. The van der Waals surface area contributed by atoms with Crippen LogP contribution in [0.1, 0.15) is 26.3 Å². The standard InChI is InChI=1S/C20H24O10/c1-10-6-8-14(9-7-10)29-20-18(28-13(4)23)16(27-12(3)22)15(26-11(2)21)17(30-20)19(24)25-5/h6-9,15-18,20H,1-5H3/t15-,16+,17+,18+,20-/m1/s1. The first kappa shape index (κ1) is 23.1. The Morgan fingerprint density at radius 1 is 0.800 bits per heavy atom. The molecule has 2 rings (SSSR count). The summed E-state index contributed by atoms with van der Waals surface area (Å²) >= 11 is 0. The van der Waals surface area contributed by atoms with Crippen LogP contribution in [-0.4, -0.2) is 61.7 Å². The van der Waals surface area contributed by atoms with Crippen LogP contribution in [0.25, 0.3) is 0 Å². The fraction of sp³-hybridized carbons (Fsp3) is 0.500. The van der Waals surface area contributed by atoms with E-state index in [0.717, 1.165) is 33.4 Å². The molecule has 164 valence electrons. The monoisotopic (exact) mass is 424 g/mol. The number of carbonyl (C=O) groups excluding carboxylic acids is 4. The van der Waals surface area contributed by atoms with Gasteiger partial charge in [-0.15, -0.1) is 0 Å². The molecule has 0 unspecified atom stereocenters. The Bertz CT molecular complexity index is 787. The highest BCUT2D eigenvalue weighted by molar-refractivity contribution is 5.77. The predicted molar refractivity (Wildman–Crippen MR) is 99.1 cm³/mol. The Hall–Kier alpha value is -3.14. The average Bonchev–Trinajstić information content (AvgIpc) is 2.66. The number of benzene rings is 1. The van der Waals surface area contributed by atoms with Crippen LogP contribution >= 0.6 is 0 Å². The van der Waals surface area contributed by atoms with Gasteiger partial charge in [0.1, 0.15) is 5.75 Å². The molecule has 0 aliphatic carbocycles. The minimum atomic E-state index is -1.49. The average molecular weight is 424 g/mol. The summed E-state index contributed by atoms with van der Waals surface area (Å²) in [5.41, 5.74) is 0.976. The molecule has 0 saturated carbocycles. The van der Waals surface area contributed by atoms with Gasteiger partial charge in [0.2, 0.25) is 12.4 Å². The van der Waals surface area contributed by atoms with Gasteiger partial charge in [0.05, 0.1) is 7.11 Å². The van der Waals surface area contributed by atoms with E-state index in [1.807, 2.05) is 6.92 Å². The van der Waals surface area contributed by atoms with Crippen molar-refractivity contribution in [1.29, 1.82) is 0 Å². The van der Waals surface area contributed by atoms with Gasteiger partial charge >= 0.3 is 23.9 Å². The third-order valence-corrected chi connectivity index (χ3v) is 4.11. The van der Waals surface area contributed by atoms with Crippen LogP contribution in [0, 0.1) is 6.92 Å². The van der Waals surface area contributed by atoms with Crippen LogP contribution in [0.3, 0.4) is 0 Å². The summed E-state index contributed by atoms with van der Waals surface area (Å²) in [7, 11) is 1.12. The van der Waals surface area contributed by atoms with E-state index in [2.05, 4.69) is 0 Å². The van der Waals surface area contributed by atoms with E-state index < -0.39 is 54.6 Å². The van der Waals surface area contributed by atoms with Crippen LogP contribution in [0.2, 0.25) is 0 Å². The highest BCUT2D eigenvalue weighted by Crippen LogP contribution is 2.31. The lowest BCUT2D eigenvalue weighted by Gasteiger charge is -2.43. The fourth-order valence-corrected chi connectivity index (χ4v) is 2.93. The summed E-state index contributed by atoms with van der Waals surface area (Å²) in [5.74, 6) is -2.80. The topological polar surface area (TPSA) is 124 Å². The summed E-state index contributed by atoms with van der Waals surface area (Å²) in [6.45, 7) is 5.25. The van der Waals surface area contributed by atoms with E-state index in [0.29, 0.717) is 5.75 Å². The summed E-state index contributed by atoms with van der Waals surface area (Å²) in [6, 6.07) is 6.86. The first-order chi connectivity index (χ1) is 14.1. The molecule has 30 heavy (non-hydrogen) atoms. The van der Waals surface area contributed by atoms with Crippen LogP contribution in [0.4, 0.5) is 0 Å². The molecule has 0 amide bonds. The summed E-state index contributed by atoms with van der Waals surface area (Å²) in [4.78, 5) is 47.4. The van der Waals surface area contributed by atoms with Crippen molar-refractivity contribution < 1.29 is 47.6 Å². The van der Waals surface area contributed by atoms with Crippen molar-refractivity contribution in [1.82, 2.24) is 0 Å². The maximum absolute atomic E-state index is 12.3. The molecule has 10 nitrogen and oxygen atoms in total. The van der Waals surface area contributed by atoms with Crippen LogP contribution in [0.15, 0.2) is 24.3 Å². The van der Waals surface area contributed by atoms with Crippen molar-refractivity contribution in [2.24, 2.45) is 0 Å². The SMILES string of the molecule is COC(=O)[C@H]1O[C@@H](Oc2ccc(C)cc2)[C@@H](OC(C)=O)[C@@H](OC(C)=O)[C@H]1OC(C)=O.